The summed E-state index contributed by atoms with van der Waals surface area (Å²) >= 11 is 2.26. The van der Waals surface area contributed by atoms with Crippen molar-refractivity contribution in [3.63, 3.8) is 0 Å². The first kappa shape index (κ1) is 15.0. The number of nitrogens with zero attached hydrogens (tertiary/aromatic N) is 1. The normalized spacial score (nSPS) is 10.3. The summed E-state index contributed by atoms with van der Waals surface area (Å²) in [6, 6.07) is 14.5. The monoisotopic (exact) mass is 381 g/mol. The maximum absolute atomic E-state index is 6.01. The minimum atomic E-state index is 0.768. The molecule has 3 N–H and O–H groups in total. The van der Waals surface area contributed by atoms with E-state index in [2.05, 4.69) is 70.9 Å². The van der Waals surface area contributed by atoms with Crippen molar-refractivity contribution in [3.05, 3.63) is 46.0 Å². The van der Waals surface area contributed by atoms with Crippen LogP contribution >= 0.6 is 22.6 Å². The lowest BCUT2D eigenvalue weighted by Gasteiger charge is -2.21. The van der Waals surface area contributed by atoms with Gasteiger partial charge in [0.1, 0.15) is 0 Å². The number of benzene rings is 2. The highest BCUT2D eigenvalue weighted by Crippen LogP contribution is 2.26. The molecular weight excluding hydrogens is 361 g/mol. The Morgan fingerprint density at radius 1 is 1.05 bits per heavy atom. The Bertz CT molecular complexity index is 562. The fraction of sp³-hybridized carbons (Fsp3) is 0.250. The third kappa shape index (κ3) is 3.56. The predicted molar refractivity (Wildman–Crippen MR) is 96.9 cm³/mol. The van der Waals surface area contributed by atoms with E-state index in [0.717, 1.165) is 33.7 Å². The number of nitrogens with two attached hydrogens (primary N) is 1. The zero-order chi connectivity index (χ0) is 14.5. The van der Waals surface area contributed by atoms with Gasteiger partial charge < -0.3 is 16.0 Å². The van der Waals surface area contributed by atoms with Crippen molar-refractivity contribution in [2.75, 3.05) is 29.0 Å². The predicted octanol–water partition coefficient (Wildman–Crippen LogP) is 4.46. The van der Waals surface area contributed by atoms with Crippen LogP contribution in [0.1, 0.15) is 13.8 Å². The number of rotatable bonds is 5. The molecule has 0 aromatic heterocycles. The molecule has 3 nitrogen and oxygen atoms in total. The summed E-state index contributed by atoms with van der Waals surface area (Å²) in [5.74, 6) is 0. The van der Waals surface area contributed by atoms with Crippen molar-refractivity contribution in [1.82, 2.24) is 0 Å². The van der Waals surface area contributed by atoms with Gasteiger partial charge in [0, 0.05) is 28.0 Å². The van der Waals surface area contributed by atoms with Gasteiger partial charge in [-0.05, 0) is 78.9 Å². The van der Waals surface area contributed by atoms with Crippen LogP contribution in [0.3, 0.4) is 0 Å². The third-order valence-electron chi connectivity index (χ3n) is 3.29. The van der Waals surface area contributed by atoms with Crippen LogP contribution in [0.5, 0.6) is 0 Å². The zero-order valence-corrected chi connectivity index (χ0v) is 14.0. The summed E-state index contributed by atoms with van der Waals surface area (Å²) in [6.07, 6.45) is 0. The molecule has 0 radical (unpaired) electrons. The van der Waals surface area contributed by atoms with Gasteiger partial charge in [-0.2, -0.15) is 0 Å². The van der Waals surface area contributed by atoms with E-state index in [1.54, 1.807) is 0 Å². The molecule has 0 aliphatic rings. The molecule has 0 saturated carbocycles. The quantitative estimate of drug-likeness (QED) is 0.594. The largest absolute Gasteiger partial charge is 0.397 e. The van der Waals surface area contributed by atoms with Gasteiger partial charge in [0.25, 0.3) is 0 Å². The maximum Gasteiger partial charge on any atom is 0.0618 e. The van der Waals surface area contributed by atoms with E-state index in [0.29, 0.717) is 0 Å². The molecule has 0 aliphatic carbocycles. The molecule has 0 spiro atoms. The third-order valence-corrected chi connectivity index (χ3v) is 3.96. The minimum Gasteiger partial charge on any atom is -0.397 e. The summed E-state index contributed by atoms with van der Waals surface area (Å²) in [6.45, 7) is 6.38. The van der Waals surface area contributed by atoms with E-state index >= 15 is 0 Å². The summed E-state index contributed by atoms with van der Waals surface area (Å²) in [5.41, 5.74) is 10.0. The Kier molecular flexibility index (Phi) is 5.11. The Morgan fingerprint density at radius 3 is 2.25 bits per heavy atom. The Balaban J connectivity index is 2.14. The van der Waals surface area contributed by atoms with Gasteiger partial charge in [-0.25, -0.2) is 0 Å². The van der Waals surface area contributed by atoms with Crippen LogP contribution in [0.2, 0.25) is 0 Å². The Labute approximate surface area is 134 Å². The molecule has 0 aliphatic heterocycles. The fourth-order valence-electron chi connectivity index (χ4n) is 2.15. The number of hydrogen-bond donors (Lipinski definition) is 2. The first-order chi connectivity index (χ1) is 9.63. The highest BCUT2D eigenvalue weighted by Gasteiger charge is 2.03. The molecule has 0 unspecified atom stereocenters. The Hall–Kier alpha value is -1.43. The summed E-state index contributed by atoms with van der Waals surface area (Å²) in [7, 11) is 0. The molecule has 0 bridgehead atoms. The zero-order valence-electron chi connectivity index (χ0n) is 11.9. The van der Waals surface area contributed by atoms with E-state index in [9.17, 15) is 0 Å². The van der Waals surface area contributed by atoms with Crippen molar-refractivity contribution < 1.29 is 0 Å². The van der Waals surface area contributed by atoms with Crippen molar-refractivity contribution in [2.45, 2.75) is 13.8 Å². The lowest BCUT2D eigenvalue weighted by atomic mass is 10.2. The van der Waals surface area contributed by atoms with E-state index in [1.807, 2.05) is 18.2 Å². The van der Waals surface area contributed by atoms with E-state index in [-0.39, 0.29) is 0 Å². The van der Waals surface area contributed by atoms with Gasteiger partial charge in [-0.3, -0.25) is 0 Å². The molecule has 0 atom stereocenters. The average molecular weight is 381 g/mol. The maximum atomic E-state index is 6.01. The first-order valence-corrected chi connectivity index (χ1v) is 7.89. The van der Waals surface area contributed by atoms with Crippen molar-refractivity contribution in [3.8, 4) is 0 Å². The number of halogens is 1. The molecule has 0 heterocycles. The van der Waals surface area contributed by atoms with E-state index < -0.39 is 0 Å². The highest BCUT2D eigenvalue weighted by molar-refractivity contribution is 14.1. The second kappa shape index (κ2) is 6.83. The molecule has 0 fully saturated rings. The molecule has 2 aromatic carbocycles. The summed E-state index contributed by atoms with van der Waals surface area (Å²) in [4.78, 5) is 2.32. The number of nitrogens with one attached hydrogen (secondary N) is 1. The van der Waals surface area contributed by atoms with Gasteiger partial charge >= 0.3 is 0 Å². The molecule has 2 aromatic rings. The summed E-state index contributed by atoms with van der Waals surface area (Å²) in [5, 5.41) is 3.35. The molecule has 0 amide bonds. The van der Waals surface area contributed by atoms with Crippen LogP contribution in [-0.4, -0.2) is 13.1 Å². The lowest BCUT2D eigenvalue weighted by Crippen LogP contribution is -2.21. The average Bonchev–Trinajstić information content (AvgIpc) is 2.45. The highest BCUT2D eigenvalue weighted by atomic mass is 127. The van der Waals surface area contributed by atoms with Gasteiger partial charge in [0.15, 0.2) is 0 Å². The van der Waals surface area contributed by atoms with Gasteiger partial charge in [-0.1, -0.05) is 0 Å². The van der Waals surface area contributed by atoms with Crippen LogP contribution < -0.4 is 16.0 Å². The minimum absolute atomic E-state index is 0.768. The second-order valence-corrected chi connectivity index (χ2v) is 5.82. The summed E-state index contributed by atoms with van der Waals surface area (Å²) < 4.78 is 1.14. The van der Waals surface area contributed by atoms with Crippen LogP contribution in [0.4, 0.5) is 22.7 Å². The van der Waals surface area contributed by atoms with Gasteiger partial charge in [0.05, 0.1) is 11.4 Å². The van der Waals surface area contributed by atoms with E-state index in [1.165, 1.54) is 5.69 Å². The molecular formula is C16H20IN3. The fourth-order valence-corrected chi connectivity index (χ4v) is 2.66. The van der Waals surface area contributed by atoms with Gasteiger partial charge in [0.2, 0.25) is 0 Å². The standard InChI is InChI=1S/C16H20IN3/c1-3-20(4-2)14-8-6-13(7-9-14)19-16-10-5-12(17)11-15(16)18/h5-11,19H,3-4,18H2,1-2H3. The lowest BCUT2D eigenvalue weighted by molar-refractivity contribution is 0.866. The SMILES string of the molecule is CCN(CC)c1ccc(Nc2ccc(I)cc2N)cc1. The number of hydrogen-bond acceptors (Lipinski definition) is 3. The number of nitrogen functional groups attached to an aromatic ring is 1. The van der Waals surface area contributed by atoms with Crippen molar-refractivity contribution in [2.24, 2.45) is 0 Å². The molecule has 4 heteroatoms. The smallest absolute Gasteiger partial charge is 0.0618 e. The van der Waals surface area contributed by atoms with Crippen LogP contribution in [0.15, 0.2) is 42.5 Å². The second-order valence-electron chi connectivity index (χ2n) is 4.58. The topological polar surface area (TPSA) is 41.3 Å². The van der Waals surface area contributed by atoms with Crippen LogP contribution in [0.25, 0.3) is 0 Å². The van der Waals surface area contributed by atoms with Crippen LogP contribution in [0, 0.1) is 3.57 Å². The molecule has 20 heavy (non-hydrogen) atoms. The van der Waals surface area contributed by atoms with Gasteiger partial charge in [-0.15, -0.1) is 0 Å². The Morgan fingerprint density at radius 2 is 1.70 bits per heavy atom. The van der Waals surface area contributed by atoms with Crippen LogP contribution in [-0.2, 0) is 0 Å². The molecule has 106 valence electrons. The van der Waals surface area contributed by atoms with E-state index in [4.69, 9.17) is 5.73 Å². The van der Waals surface area contributed by atoms with Crippen molar-refractivity contribution in [1.29, 1.82) is 0 Å². The number of anilines is 4. The van der Waals surface area contributed by atoms with Crippen molar-refractivity contribution >= 4 is 45.3 Å². The first-order valence-electron chi connectivity index (χ1n) is 6.81. The molecule has 0 saturated heterocycles. The molecule has 2 rings (SSSR count).